The second-order valence-corrected chi connectivity index (χ2v) is 9.43. The molecule has 4 rings (SSSR count). The molecule has 0 spiro atoms. The molecule has 2 amide bonds. The predicted octanol–water partition coefficient (Wildman–Crippen LogP) is 5.95. The van der Waals surface area contributed by atoms with E-state index in [1.807, 2.05) is 25.1 Å². The van der Waals surface area contributed by atoms with Crippen molar-refractivity contribution in [2.75, 3.05) is 16.4 Å². The highest BCUT2D eigenvalue weighted by molar-refractivity contribution is 8.03. The monoisotopic (exact) mass is 518 g/mol. The molecule has 1 aliphatic rings. The van der Waals surface area contributed by atoms with E-state index in [-0.39, 0.29) is 17.6 Å². The van der Waals surface area contributed by atoms with Gasteiger partial charge in [0.25, 0.3) is 5.91 Å². The second-order valence-electron chi connectivity index (χ2n) is 8.04. The summed E-state index contributed by atoms with van der Waals surface area (Å²) in [6.45, 7) is 3.59. The zero-order chi connectivity index (χ0) is 25.7. The van der Waals surface area contributed by atoms with Crippen LogP contribution in [0.15, 0.2) is 93.2 Å². The highest BCUT2D eigenvalue weighted by Crippen LogP contribution is 2.41. The van der Waals surface area contributed by atoms with Crippen molar-refractivity contribution in [3.63, 3.8) is 0 Å². The van der Waals surface area contributed by atoms with Gasteiger partial charge in [0.1, 0.15) is 5.76 Å². The normalized spacial score (nSPS) is 15.2. The summed E-state index contributed by atoms with van der Waals surface area (Å²) < 4.78 is 5.63. The number of amides is 2. The number of nitriles is 1. The molecule has 3 N–H and O–H groups in total. The Balaban J connectivity index is 1.58. The lowest BCUT2D eigenvalue weighted by Crippen LogP contribution is -2.31. The van der Waals surface area contributed by atoms with Gasteiger partial charge in [0.15, 0.2) is 0 Å². The number of para-hydroxylation sites is 1. The number of carbonyl (C=O) groups is 2. The number of thioether (sulfide) groups is 1. The van der Waals surface area contributed by atoms with Gasteiger partial charge in [-0.2, -0.15) is 5.26 Å². The number of nitrogens with zero attached hydrogens (tertiary/aromatic N) is 1. The van der Waals surface area contributed by atoms with Crippen LogP contribution >= 0.6 is 23.4 Å². The maximum absolute atomic E-state index is 13.3. The first-order valence-corrected chi connectivity index (χ1v) is 12.4. The van der Waals surface area contributed by atoms with E-state index in [9.17, 15) is 14.9 Å². The zero-order valence-corrected chi connectivity index (χ0v) is 21.2. The number of nitrogens with one attached hydrogen (secondary N) is 3. The van der Waals surface area contributed by atoms with Crippen molar-refractivity contribution in [2.45, 2.75) is 19.8 Å². The van der Waals surface area contributed by atoms with E-state index in [4.69, 9.17) is 16.0 Å². The lowest BCUT2D eigenvalue weighted by Gasteiger charge is -2.28. The average molecular weight is 519 g/mol. The van der Waals surface area contributed by atoms with Crippen molar-refractivity contribution in [1.29, 1.82) is 5.26 Å². The lowest BCUT2D eigenvalue weighted by atomic mass is 9.85. The van der Waals surface area contributed by atoms with Crippen molar-refractivity contribution in [1.82, 2.24) is 5.32 Å². The topological polar surface area (TPSA) is 107 Å². The molecule has 1 aromatic heterocycles. The van der Waals surface area contributed by atoms with Crippen LogP contribution in [-0.4, -0.2) is 17.6 Å². The molecule has 0 radical (unpaired) electrons. The molecule has 1 aliphatic heterocycles. The summed E-state index contributed by atoms with van der Waals surface area (Å²) in [5.74, 6) is -0.818. The Bertz CT molecular complexity index is 1390. The fourth-order valence-corrected chi connectivity index (χ4v) is 4.92. The number of hydrogen-bond donors (Lipinski definition) is 3. The molecule has 2 aromatic carbocycles. The maximum atomic E-state index is 13.3. The minimum absolute atomic E-state index is 0.0448. The summed E-state index contributed by atoms with van der Waals surface area (Å²) in [7, 11) is 0. The van der Waals surface area contributed by atoms with Crippen LogP contribution in [0.5, 0.6) is 0 Å². The number of carbonyl (C=O) groups excluding carboxylic acids is 2. The molecule has 7 nitrogen and oxygen atoms in total. The van der Waals surface area contributed by atoms with Crippen molar-refractivity contribution >= 4 is 46.6 Å². The largest absolute Gasteiger partial charge is 0.468 e. The molecular weight excluding hydrogens is 496 g/mol. The molecule has 0 fully saturated rings. The van der Waals surface area contributed by atoms with Crippen LogP contribution < -0.4 is 16.0 Å². The first-order valence-electron chi connectivity index (χ1n) is 11.1. The number of dihydropyridines is 1. The summed E-state index contributed by atoms with van der Waals surface area (Å²) in [5, 5.41) is 20.1. The minimum Gasteiger partial charge on any atom is -0.468 e. The van der Waals surface area contributed by atoms with Gasteiger partial charge in [-0.3, -0.25) is 9.59 Å². The number of hydrogen-bond acceptors (Lipinski definition) is 6. The van der Waals surface area contributed by atoms with E-state index in [2.05, 4.69) is 22.0 Å². The molecule has 0 saturated carbocycles. The highest BCUT2D eigenvalue weighted by atomic mass is 35.5. The molecule has 2 heterocycles. The molecule has 0 aliphatic carbocycles. The minimum atomic E-state index is -0.726. The summed E-state index contributed by atoms with van der Waals surface area (Å²) in [6, 6.07) is 20.0. The van der Waals surface area contributed by atoms with Crippen LogP contribution in [0.1, 0.15) is 24.2 Å². The first-order chi connectivity index (χ1) is 17.4. The molecule has 9 heteroatoms. The van der Waals surface area contributed by atoms with Gasteiger partial charge in [-0.05, 0) is 55.8 Å². The summed E-state index contributed by atoms with van der Waals surface area (Å²) >= 11 is 7.33. The molecule has 0 unspecified atom stereocenters. The van der Waals surface area contributed by atoms with E-state index in [1.165, 1.54) is 18.0 Å². The molecule has 0 saturated heterocycles. The Labute approximate surface area is 218 Å². The quantitative estimate of drug-likeness (QED) is 0.357. The summed E-state index contributed by atoms with van der Waals surface area (Å²) in [5.41, 5.74) is 3.27. The van der Waals surface area contributed by atoms with Crippen molar-refractivity contribution in [3.8, 4) is 6.07 Å². The summed E-state index contributed by atoms with van der Waals surface area (Å²) in [6.07, 6.45) is 1.50. The molecule has 1 atom stereocenters. The van der Waals surface area contributed by atoms with E-state index in [0.29, 0.717) is 44.0 Å². The fraction of sp³-hybridized carbons (Fsp3) is 0.148. The van der Waals surface area contributed by atoms with Crippen LogP contribution in [-0.2, 0) is 9.59 Å². The summed E-state index contributed by atoms with van der Waals surface area (Å²) in [4.78, 5) is 26.0. The van der Waals surface area contributed by atoms with Gasteiger partial charge in [0.05, 0.1) is 40.2 Å². The third kappa shape index (κ3) is 5.48. The van der Waals surface area contributed by atoms with Gasteiger partial charge in [-0.1, -0.05) is 47.6 Å². The zero-order valence-electron chi connectivity index (χ0n) is 19.6. The van der Waals surface area contributed by atoms with E-state index in [1.54, 1.807) is 49.4 Å². The molecule has 182 valence electrons. The van der Waals surface area contributed by atoms with E-state index >= 15 is 0 Å². The Morgan fingerprint density at radius 2 is 1.86 bits per heavy atom. The van der Waals surface area contributed by atoms with Gasteiger partial charge in [0, 0.05) is 22.1 Å². The van der Waals surface area contributed by atoms with Gasteiger partial charge in [0.2, 0.25) is 5.91 Å². The number of halogens is 1. The van der Waals surface area contributed by atoms with Crippen molar-refractivity contribution in [2.24, 2.45) is 0 Å². The van der Waals surface area contributed by atoms with Crippen molar-refractivity contribution < 1.29 is 14.0 Å². The highest BCUT2D eigenvalue weighted by Gasteiger charge is 2.36. The number of anilines is 2. The van der Waals surface area contributed by atoms with Crippen LogP contribution in [0.2, 0.25) is 5.02 Å². The molecule has 3 aromatic rings. The van der Waals surface area contributed by atoms with Gasteiger partial charge in [-0.25, -0.2) is 0 Å². The van der Waals surface area contributed by atoms with E-state index in [0.717, 1.165) is 5.56 Å². The van der Waals surface area contributed by atoms with Gasteiger partial charge >= 0.3 is 0 Å². The molecular formula is C27H23ClN4O3S. The van der Waals surface area contributed by atoms with Crippen molar-refractivity contribution in [3.05, 3.63) is 105 Å². The maximum Gasteiger partial charge on any atom is 0.254 e. The number of rotatable bonds is 7. The fourth-order valence-electron chi connectivity index (χ4n) is 3.85. The second kappa shape index (κ2) is 11.2. The van der Waals surface area contributed by atoms with Crippen LogP contribution in [0, 0.1) is 18.3 Å². The third-order valence-corrected chi connectivity index (χ3v) is 7.07. The smallest absolute Gasteiger partial charge is 0.254 e. The van der Waals surface area contributed by atoms with Crippen LogP contribution in [0.3, 0.4) is 0 Å². The van der Waals surface area contributed by atoms with Gasteiger partial charge in [-0.15, -0.1) is 0 Å². The first kappa shape index (κ1) is 25.2. The average Bonchev–Trinajstić information content (AvgIpc) is 3.40. The standard InChI is InChI=1S/C27H23ClN4O3S/c1-16-20(28)10-6-11-21(16)32-23(33)15-36-27-19(14-29)25(22-12-7-13-35-22)24(17(2)30-27)26(34)31-18-8-4-3-5-9-18/h3-13,25,30H,15H2,1-2H3,(H,31,34)(H,32,33)/t25-/m0/s1. The number of benzene rings is 2. The third-order valence-electron chi connectivity index (χ3n) is 5.64. The molecule has 0 bridgehead atoms. The van der Waals surface area contributed by atoms with Crippen LogP contribution in [0.4, 0.5) is 11.4 Å². The van der Waals surface area contributed by atoms with Crippen LogP contribution in [0.25, 0.3) is 0 Å². The Morgan fingerprint density at radius 3 is 2.56 bits per heavy atom. The SMILES string of the molecule is CC1=C(C(=O)Nc2ccccc2)[C@H](c2ccco2)C(C#N)=C(SCC(=O)Nc2cccc(Cl)c2C)N1. The number of allylic oxidation sites excluding steroid dienone is 2. The Hall–Kier alpha value is -3.93. The predicted molar refractivity (Wildman–Crippen MR) is 142 cm³/mol. The Morgan fingerprint density at radius 1 is 1.08 bits per heavy atom. The van der Waals surface area contributed by atoms with Gasteiger partial charge < -0.3 is 20.4 Å². The lowest BCUT2D eigenvalue weighted by molar-refractivity contribution is -0.114. The molecule has 36 heavy (non-hydrogen) atoms. The van der Waals surface area contributed by atoms with E-state index < -0.39 is 5.92 Å². The number of furan rings is 1. The Kier molecular flexibility index (Phi) is 7.84.